The van der Waals surface area contributed by atoms with Crippen molar-refractivity contribution in [2.45, 2.75) is 0 Å². The average Bonchev–Trinajstić information content (AvgIpc) is 3.06. The van der Waals surface area contributed by atoms with Crippen LogP contribution in [0.15, 0.2) is 78.9 Å². The van der Waals surface area contributed by atoms with E-state index in [-0.39, 0.29) is 0 Å². The third-order valence-corrected chi connectivity index (χ3v) is 5.74. The molecule has 2 heterocycles. The van der Waals surface area contributed by atoms with Crippen LogP contribution in [0.5, 0.6) is 0 Å². The first kappa shape index (κ1) is 15.5. The molecule has 4 heteroatoms. The molecule has 5 rings (SSSR count). The summed E-state index contributed by atoms with van der Waals surface area (Å²) in [5, 5.41) is 2.94. The first-order valence-corrected chi connectivity index (χ1v) is 9.49. The molecule has 0 saturated carbocycles. The van der Waals surface area contributed by atoms with Crippen molar-refractivity contribution in [3.63, 3.8) is 0 Å². The van der Waals surface area contributed by atoms with E-state index in [9.17, 15) is 0 Å². The van der Waals surface area contributed by atoms with Gasteiger partial charge >= 0.3 is 0 Å². The highest BCUT2D eigenvalue weighted by Gasteiger charge is 2.10. The summed E-state index contributed by atoms with van der Waals surface area (Å²) in [6, 6.07) is 26.7. The van der Waals surface area contributed by atoms with E-state index >= 15 is 0 Å². The molecule has 2 aromatic heterocycles. The number of benzene rings is 3. The molecule has 0 fully saturated rings. The Kier molecular flexibility index (Phi) is 3.70. The third-order valence-electron chi connectivity index (χ3n) is 4.40. The van der Waals surface area contributed by atoms with Crippen molar-refractivity contribution in [3.05, 3.63) is 84.0 Å². The minimum absolute atomic E-state index is 0.448. The first-order chi connectivity index (χ1) is 12.8. The molecule has 0 aliphatic heterocycles. The molecule has 0 amide bonds. The maximum absolute atomic E-state index is 6.29. The first-order valence-electron chi connectivity index (χ1n) is 8.30. The van der Waals surface area contributed by atoms with Crippen molar-refractivity contribution in [2.24, 2.45) is 0 Å². The van der Waals surface area contributed by atoms with Crippen molar-refractivity contribution in [1.82, 2.24) is 9.97 Å². The molecule has 0 aliphatic rings. The Morgan fingerprint density at radius 1 is 0.654 bits per heavy atom. The van der Waals surface area contributed by atoms with Crippen molar-refractivity contribution in [2.75, 3.05) is 0 Å². The second-order valence-corrected chi connectivity index (χ2v) is 7.55. The van der Waals surface area contributed by atoms with Crippen molar-refractivity contribution < 1.29 is 0 Å². The predicted octanol–water partition coefficient (Wildman–Crippen LogP) is 6.83. The van der Waals surface area contributed by atoms with E-state index in [2.05, 4.69) is 47.4 Å². The van der Waals surface area contributed by atoms with Gasteiger partial charge in [-0.15, -0.1) is 11.3 Å². The molecule has 0 saturated heterocycles. The Labute approximate surface area is 159 Å². The number of halogens is 1. The summed E-state index contributed by atoms with van der Waals surface area (Å²) in [6.45, 7) is 0. The summed E-state index contributed by atoms with van der Waals surface area (Å²) >= 11 is 8.09. The standard InChI is InChI=1S/C22H13ClN2S/c23-21-13-18(14-6-2-1-3-7-14)24-22(25-21)15-10-11-20-17(12-15)16-8-4-5-9-19(16)26-20/h1-13H. The molecule has 3 aromatic carbocycles. The molecule has 26 heavy (non-hydrogen) atoms. The highest BCUT2D eigenvalue weighted by atomic mass is 35.5. The number of thiophene rings is 1. The third kappa shape index (κ3) is 2.66. The topological polar surface area (TPSA) is 25.8 Å². The summed E-state index contributed by atoms with van der Waals surface area (Å²) in [7, 11) is 0. The summed E-state index contributed by atoms with van der Waals surface area (Å²) in [5.74, 6) is 0.647. The van der Waals surface area contributed by atoms with E-state index in [0.717, 1.165) is 16.8 Å². The maximum atomic E-state index is 6.29. The van der Waals surface area contributed by atoms with Crippen LogP contribution in [0.2, 0.25) is 5.15 Å². The van der Waals surface area contributed by atoms with Crippen LogP contribution in [0.1, 0.15) is 0 Å². The minimum Gasteiger partial charge on any atom is -0.228 e. The fourth-order valence-corrected chi connectivity index (χ4v) is 4.44. The fraction of sp³-hybridized carbons (Fsp3) is 0. The van der Waals surface area contributed by atoms with E-state index in [1.165, 1.54) is 20.2 Å². The molecule has 0 N–H and O–H groups in total. The molecule has 0 spiro atoms. The lowest BCUT2D eigenvalue weighted by molar-refractivity contribution is 1.18. The van der Waals surface area contributed by atoms with Crippen LogP contribution in [0.25, 0.3) is 42.8 Å². The van der Waals surface area contributed by atoms with Crippen LogP contribution in [0.3, 0.4) is 0 Å². The minimum atomic E-state index is 0.448. The summed E-state index contributed by atoms with van der Waals surface area (Å²) in [4.78, 5) is 9.21. The van der Waals surface area contributed by atoms with Crippen LogP contribution in [0.4, 0.5) is 0 Å². The molecule has 0 radical (unpaired) electrons. The second-order valence-electron chi connectivity index (χ2n) is 6.07. The van der Waals surface area contributed by atoms with Crippen LogP contribution in [-0.4, -0.2) is 9.97 Å². The van der Waals surface area contributed by atoms with Crippen LogP contribution >= 0.6 is 22.9 Å². The van der Waals surface area contributed by atoms with Gasteiger partial charge in [-0.2, -0.15) is 0 Å². The lowest BCUT2D eigenvalue weighted by atomic mass is 10.1. The van der Waals surface area contributed by atoms with E-state index < -0.39 is 0 Å². The van der Waals surface area contributed by atoms with E-state index in [1.54, 1.807) is 17.4 Å². The second kappa shape index (κ2) is 6.20. The van der Waals surface area contributed by atoms with Gasteiger partial charge in [0, 0.05) is 37.4 Å². The summed E-state index contributed by atoms with van der Waals surface area (Å²) in [6.07, 6.45) is 0. The normalized spacial score (nSPS) is 11.3. The molecule has 124 valence electrons. The molecule has 0 unspecified atom stereocenters. The Morgan fingerprint density at radius 3 is 2.31 bits per heavy atom. The van der Waals surface area contributed by atoms with E-state index in [1.807, 2.05) is 30.3 Å². The van der Waals surface area contributed by atoms with Crippen LogP contribution in [-0.2, 0) is 0 Å². The number of rotatable bonds is 2. The van der Waals surface area contributed by atoms with Gasteiger partial charge in [-0.3, -0.25) is 0 Å². The van der Waals surface area contributed by atoms with Crippen LogP contribution < -0.4 is 0 Å². The van der Waals surface area contributed by atoms with Gasteiger partial charge < -0.3 is 0 Å². The number of hydrogen-bond donors (Lipinski definition) is 0. The fourth-order valence-electron chi connectivity index (χ4n) is 3.17. The zero-order valence-corrected chi connectivity index (χ0v) is 15.3. The Balaban J connectivity index is 1.70. The highest BCUT2D eigenvalue weighted by molar-refractivity contribution is 7.25. The number of aromatic nitrogens is 2. The predicted molar refractivity (Wildman–Crippen MR) is 111 cm³/mol. The molecule has 2 nitrogen and oxygen atoms in total. The molecule has 0 atom stereocenters. The lowest BCUT2D eigenvalue weighted by Crippen LogP contribution is -1.93. The van der Waals surface area contributed by atoms with Crippen LogP contribution in [0, 0.1) is 0 Å². The highest BCUT2D eigenvalue weighted by Crippen LogP contribution is 2.36. The van der Waals surface area contributed by atoms with Gasteiger partial charge in [0.15, 0.2) is 5.82 Å². The van der Waals surface area contributed by atoms with Gasteiger partial charge in [-0.1, -0.05) is 60.1 Å². The Bertz CT molecular complexity index is 1250. The van der Waals surface area contributed by atoms with Gasteiger partial charge in [0.2, 0.25) is 0 Å². The Morgan fingerprint density at radius 2 is 1.42 bits per heavy atom. The molecule has 0 bridgehead atoms. The smallest absolute Gasteiger partial charge is 0.161 e. The monoisotopic (exact) mass is 372 g/mol. The van der Waals surface area contributed by atoms with Gasteiger partial charge in [0.05, 0.1) is 5.69 Å². The molecule has 0 aliphatic carbocycles. The SMILES string of the molecule is Clc1cc(-c2ccccc2)nc(-c2ccc3sc4ccccc4c3c2)n1. The van der Waals surface area contributed by atoms with Crippen molar-refractivity contribution >= 4 is 43.1 Å². The van der Waals surface area contributed by atoms with E-state index in [4.69, 9.17) is 16.6 Å². The van der Waals surface area contributed by atoms with Gasteiger partial charge in [-0.05, 0) is 24.3 Å². The largest absolute Gasteiger partial charge is 0.228 e. The maximum Gasteiger partial charge on any atom is 0.161 e. The molecular formula is C22H13ClN2S. The Hall–Kier alpha value is -2.75. The zero-order valence-electron chi connectivity index (χ0n) is 13.7. The van der Waals surface area contributed by atoms with E-state index in [0.29, 0.717) is 11.0 Å². The molecular weight excluding hydrogens is 360 g/mol. The summed E-state index contributed by atoms with van der Waals surface area (Å²) in [5.41, 5.74) is 2.83. The number of hydrogen-bond acceptors (Lipinski definition) is 3. The van der Waals surface area contributed by atoms with Gasteiger partial charge in [0.1, 0.15) is 5.15 Å². The molecule has 5 aromatic rings. The van der Waals surface area contributed by atoms with Crippen molar-refractivity contribution in [1.29, 1.82) is 0 Å². The van der Waals surface area contributed by atoms with Crippen molar-refractivity contribution in [3.8, 4) is 22.6 Å². The number of nitrogens with zero attached hydrogens (tertiary/aromatic N) is 2. The quantitative estimate of drug-likeness (QED) is 0.317. The van der Waals surface area contributed by atoms with Gasteiger partial charge in [-0.25, -0.2) is 9.97 Å². The van der Waals surface area contributed by atoms with Gasteiger partial charge in [0.25, 0.3) is 0 Å². The number of fused-ring (bicyclic) bond motifs is 3. The zero-order chi connectivity index (χ0) is 17.5. The summed E-state index contributed by atoms with van der Waals surface area (Å²) < 4.78 is 2.55. The average molecular weight is 373 g/mol. The lowest BCUT2D eigenvalue weighted by Gasteiger charge is -2.06.